The monoisotopic (exact) mass is 204 g/mol. The lowest BCUT2D eigenvalue weighted by Crippen LogP contribution is -2.43. The number of carbonyl (C=O) groups excluding carboxylic acids is 1. The van der Waals surface area contributed by atoms with Gasteiger partial charge in [0.2, 0.25) is 6.29 Å². The maximum Gasteiger partial charge on any atom is 0.219 e. The van der Waals surface area contributed by atoms with E-state index in [2.05, 4.69) is 12.2 Å². The van der Waals surface area contributed by atoms with E-state index in [1.807, 2.05) is 6.92 Å². The molecular formula is C9H18NO2S. The summed E-state index contributed by atoms with van der Waals surface area (Å²) in [6, 6.07) is -0.563. The molecule has 0 aliphatic carbocycles. The first-order valence-corrected chi connectivity index (χ1v) is 5.63. The number of aliphatic hydroxyl groups excluding tert-OH is 1. The van der Waals surface area contributed by atoms with E-state index in [9.17, 15) is 9.90 Å². The number of hydrogen-bond donors (Lipinski definition) is 2. The fourth-order valence-electron chi connectivity index (χ4n) is 1.03. The van der Waals surface area contributed by atoms with Crippen molar-refractivity contribution in [2.75, 3.05) is 18.6 Å². The third-order valence-corrected chi connectivity index (χ3v) is 3.12. The molecule has 1 radical (unpaired) electrons. The van der Waals surface area contributed by atoms with Gasteiger partial charge in [0.1, 0.15) is 6.04 Å². The average molecular weight is 204 g/mol. The first-order chi connectivity index (χ1) is 6.17. The van der Waals surface area contributed by atoms with Crippen molar-refractivity contribution in [2.45, 2.75) is 26.0 Å². The molecule has 0 amide bonds. The Balaban J connectivity index is 3.90. The summed E-state index contributed by atoms with van der Waals surface area (Å²) in [6.45, 7) is 4.01. The van der Waals surface area contributed by atoms with E-state index in [0.717, 1.165) is 11.5 Å². The van der Waals surface area contributed by atoms with Crippen LogP contribution in [0.15, 0.2) is 0 Å². The molecule has 0 rings (SSSR count). The summed E-state index contributed by atoms with van der Waals surface area (Å²) in [5.41, 5.74) is 0. The summed E-state index contributed by atoms with van der Waals surface area (Å²) in [6.07, 6.45) is 1.15. The lowest BCUT2D eigenvalue weighted by atomic mass is 10.0. The predicted molar refractivity (Wildman–Crippen MR) is 56.7 cm³/mol. The molecule has 77 valence electrons. The van der Waals surface area contributed by atoms with E-state index in [0.29, 0.717) is 0 Å². The molecule has 0 aliphatic rings. The number of rotatable bonds is 7. The van der Waals surface area contributed by atoms with Crippen LogP contribution in [0.1, 0.15) is 13.8 Å². The summed E-state index contributed by atoms with van der Waals surface area (Å²) in [4.78, 5) is 10.4. The molecule has 2 N–H and O–H groups in total. The van der Waals surface area contributed by atoms with Gasteiger partial charge in [0.15, 0.2) is 0 Å². The zero-order valence-electron chi connectivity index (χ0n) is 8.41. The third kappa shape index (κ3) is 4.64. The standard InChI is InChI=1S/C9H18NO2S/c1-4-13-6-7(2)9(12)8(5-11)10-3/h7-10,12H,4,6H2,1-3H3/t7-,8-,9?/m1/s1. The lowest BCUT2D eigenvalue weighted by Gasteiger charge is -2.22. The Hall–Kier alpha value is -0.0600. The number of hydrogen-bond acceptors (Lipinski definition) is 4. The fraction of sp³-hybridized carbons (Fsp3) is 0.889. The summed E-state index contributed by atoms with van der Waals surface area (Å²) >= 11 is 1.77. The molecule has 0 spiro atoms. The first kappa shape index (κ1) is 12.9. The molecule has 0 heterocycles. The minimum atomic E-state index is -0.637. The number of likely N-dealkylation sites (N-methyl/N-ethyl adjacent to an activating group) is 1. The maximum atomic E-state index is 10.4. The van der Waals surface area contributed by atoms with E-state index in [-0.39, 0.29) is 5.92 Å². The predicted octanol–water partition coefficient (Wildman–Crippen LogP) is 0.434. The molecule has 13 heavy (non-hydrogen) atoms. The van der Waals surface area contributed by atoms with E-state index < -0.39 is 12.1 Å². The topological polar surface area (TPSA) is 49.3 Å². The Morgan fingerprint density at radius 2 is 2.23 bits per heavy atom. The SMILES string of the molecule is CCSC[C@@H](C)C(O)[C@@H]([C]=O)NC. The van der Waals surface area contributed by atoms with Gasteiger partial charge in [0.05, 0.1) is 6.10 Å². The highest BCUT2D eigenvalue weighted by Gasteiger charge is 2.23. The molecule has 0 bridgehead atoms. The zero-order chi connectivity index (χ0) is 10.3. The van der Waals surface area contributed by atoms with Gasteiger partial charge < -0.3 is 10.4 Å². The lowest BCUT2D eigenvalue weighted by molar-refractivity contribution is 0.109. The van der Waals surface area contributed by atoms with E-state index in [1.54, 1.807) is 25.1 Å². The molecular weight excluding hydrogens is 186 g/mol. The summed E-state index contributed by atoms with van der Waals surface area (Å²) in [7, 11) is 1.65. The Labute approximate surface area is 84.3 Å². The van der Waals surface area contributed by atoms with Gasteiger partial charge in [-0.15, -0.1) is 0 Å². The van der Waals surface area contributed by atoms with Gasteiger partial charge in [0, 0.05) is 0 Å². The van der Waals surface area contributed by atoms with Crippen LogP contribution in [0.4, 0.5) is 0 Å². The van der Waals surface area contributed by atoms with E-state index >= 15 is 0 Å². The number of nitrogens with one attached hydrogen (secondary N) is 1. The maximum absolute atomic E-state index is 10.4. The van der Waals surface area contributed by atoms with E-state index in [4.69, 9.17) is 0 Å². The minimum Gasteiger partial charge on any atom is -0.391 e. The van der Waals surface area contributed by atoms with Crippen LogP contribution in [0.3, 0.4) is 0 Å². The van der Waals surface area contributed by atoms with Gasteiger partial charge in [-0.05, 0) is 24.5 Å². The number of aliphatic hydroxyl groups is 1. The Kier molecular flexibility index (Phi) is 7.32. The normalized spacial score (nSPS) is 17.8. The minimum absolute atomic E-state index is 0.115. The summed E-state index contributed by atoms with van der Waals surface area (Å²) in [5, 5.41) is 12.4. The van der Waals surface area contributed by atoms with Crippen LogP contribution in [0.25, 0.3) is 0 Å². The van der Waals surface area contributed by atoms with Crippen LogP contribution >= 0.6 is 11.8 Å². The average Bonchev–Trinajstić information content (AvgIpc) is 2.15. The smallest absolute Gasteiger partial charge is 0.219 e. The highest BCUT2D eigenvalue weighted by Crippen LogP contribution is 2.13. The van der Waals surface area contributed by atoms with Gasteiger partial charge in [-0.3, -0.25) is 4.79 Å². The van der Waals surface area contributed by atoms with Crippen molar-refractivity contribution in [3.05, 3.63) is 0 Å². The van der Waals surface area contributed by atoms with Crippen molar-refractivity contribution in [3.63, 3.8) is 0 Å². The van der Waals surface area contributed by atoms with Crippen LogP contribution in [0.5, 0.6) is 0 Å². The second-order valence-electron chi connectivity index (χ2n) is 3.01. The van der Waals surface area contributed by atoms with Crippen LogP contribution in [-0.4, -0.2) is 42.1 Å². The van der Waals surface area contributed by atoms with Gasteiger partial charge in [-0.25, -0.2) is 0 Å². The highest BCUT2D eigenvalue weighted by atomic mass is 32.2. The van der Waals surface area contributed by atoms with Crippen LogP contribution in [0.2, 0.25) is 0 Å². The second kappa shape index (κ2) is 7.35. The molecule has 0 fully saturated rings. The van der Waals surface area contributed by atoms with Gasteiger partial charge in [0.25, 0.3) is 0 Å². The number of thioether (sulfide) groups is 1. The third-order valence-electron chi connectivity index (χ3n) is 1.95. The van der Waals surface area contributed by atoms with Crippen molar-refractivity contribution in [3.8, 4) is 0 Å². The Morgan fingerprint density at radius 1 is 1.62 bits per heavy atom. The molecule has 0 aliphatic heterocycles. The summed E-state index contributed by atoms with van der Waals surface area (Å²) in [5.74, 6) is 2.02. The Bertz CT molecular complexity index is 144. The van der Waals surface area contributed by atoms with Crippen molar-refractivity contribution >= 4 is 18.0 Å². The van der Waals surface area contributed by atoms with Gasteiger partial charge >= 0.3 is 0 Å². The zero-order valence-corrected chi connectivity index (χ0v) is 9.23. The second-order valence-corrected chi connectivity index (χ2v) is 4.33. The van der Waals surface area contributed by atoms with Crippen molar-refractivity contribution in [1.29, 1.82) is 0 Å². The molecule has 1 unspecified atom stereocenters. The van der Waals surface area contributed by atoms with Crippen LogP contribution in [-0.2, 0) is 4.79 Å². The van der Waals surface area contributed by atoms with Crippen molar-refractivity contribution in [1.82, 2.24) is 5.32 Å². The van der Waals surface area contributed by atoms with Crippen molar-refractivity contribution in [2.24, 2.45) is 5.92 Å². The molecule has 0 saturated carbocycles. The molecule has 3 nitrogen and oxygen atoms in total. The van der Waals surface area contributed by atoms with Crippen LogP contribution < -0.4 is 5.32 Å². The van der Waals surface area contributed by atoms with Gasteiger partial charge in [-0.1, -0.05) is 13.8 Å². The van der Waals surface area contributed by atoms with E-state index in [1.165, 1.54) is 0 Å². The van der Waals surface area contributed by atoms with Crippen LogP contribution in [0, 0.1) is 5.92 Å². The molecule has 0 aromatic heterocycles. The fourth-order valence-corrected chi connectivity index (χ4v) is 1.83. The molecule has 0 aromatic carbocycles. The quantitative estimate of drug-likeness (QED) is 0.631. The first-order valence-electron chi connectivity index (χ1n) is 4.48. The largest absolute Gasteiger partial charge is 0.391 e. The molecule has 0 saturated heterocycles. The van der Waals surface area contributed by atoms with Gasteiger partial charge in [-0.2, -0.15) is 11.8 Å². The molecule has 4 heteroatoms. The molecule has 0 aromatic rings. The Morgan fingerprint density at radius 3 is 2.62 bits per heavy atom. The molecule has 3 atom stereocenters. The van der Waals surface area contributed by atoms with Crippen molar-refractivity contribution < 1.29 is 9.90 Å². The summed E-state index contributed by atoms with van der Waals surface area (Å²) < 4.78 is 0. The highest BCUT2D eigenvalue weighted by molar-refractivity contribution is 7.99.